The first-order valence-electron chi connectivity index (χ1n) is 8.72. The first-order chi connectivity index (χ1) is 13.6. The summed E-state index contributed by atoms with van der Waals surface area (Å²) in [6.07, 6.45) is 1.56. The number of nitrogens with zero attached hydrogens (tertiary/aromatic N) is 2. The minimum atomic E-state index is -0.525. The van der Waals surface area contributed by atoms with Crippen molar-refractivity contribution in [3.8, 4) is 0 Å². The van der Waals surface area contributed by atoms with Gasteiger partial charge in [-0.05, 0) is 36.4 Å². The molecule has 1 amide bonds. The van der Waals surface area contributed by atoms with Gasteiger partial charge in [-0.3, -0.25) is 14.2 Å². The Kier molecular flexibility index (Phi) is 4.68. The molecule has 1 N–H and O–H groups in total. The third-order valence-corrected chi connectivity index (χ3v) is 4.41. The summed E-state index contributed by atoms with van der Waals surface area (Å²) >= 11 is 0. The fraction of sp³-hybridized carbons (Fsp3) is 0.0455. The highest BCUT2D eigenvalue weighted by Gasteiger charge is 2.17. The van der Waals surface area contributed by atoms with Crippen LogP contribution in [0.5, 0.6) is 0 Å². The molecule has 2 aromatic carbocycles. The average molecular weight is 373 g/mol. The first kappa shape index (κ1) is 17.6. The lowest BCUT2D eigenvalue weighted by atomic mass is 10.1. The van der Waals surface area contributed by atoms with Gasteiger partial charge in [-0.2, -0.15) is 0 Å². The minimum Gasteiger partial charge on any atom is -0.322 e. The van der Waals surface area contributed by atoms with Crippen molar-refractivity contribution in [2.75, 3.05) is 5.32 Å². The Bertz CT molecular complexity index is 1220. The summed E-state index contributed by atoms with van der Waals surface area (Å²) in [5, 5.41) is 3.34. The number of rotatable bonds is 4. The molecular formula is C22H16FN3O2. The van der Waals surface area contributed by atoms with E-state index in [1.807, 2.05) is 6.07 Å². The van der Waals surface area contributed by atoms with Crippen LogP contribution in [0, 0.1) is 5.82 Å². The van der Waals surface area contributed by atoms with Crippen molar-refractivity contribution in [1.82, 2.24) is 9.55 Å². The minimum absolute atomic E-state index is 0.0223. The monoisotopic (exact) mass is 373 g/mol. The van der Waals surface area contributed by atoms with Crippen LogP contribution in [0.25, 0.3) is 11.0 Å². The van der Waals surface area contributed by atoms with Crippen molar-refractivity contribution >= 4 is 22.6 Å². The number of fused-ring (bicyclic) bond motifs is 1. The number of carbonyl (C=O) groups excluding carboxylic acids is 1. The molecule has 4 rings (SSSR count). The van der Waals surface area contributed by atoms with Gasteiger partial charge in [-0.15, -0.1) is 0 Å². The van der Waals surface area contributed by atoms with Crippen LogP contribution in [0.2, 0.25) is 0 Å². The smallest absolute Gasteiger partial charge is 0.265 e. The number of hydrogen-bond acceptors (Lipinski definition) is 3. The molecule has 0 unspecified atom stereocenters. The van der Waals surface area contributed by atoms with Crippen molar-refractivity contribution in [2.45, 2.75) is 6.54 Å². The van der Waals surface area contributed by atoms with E-state index in [0.717, 1.165) is 0 Å². The van der Waals surface area contributed by atoms with E-state index in [1.165, 1.54) is 16.7 Å². The number of carbonyl (C=O) groups is 1. The predicted molar refractivity (Wildman–Crippen MR) is 106 cm³/mol. The third-order valence-electron chi connectivity index (χ3n) is 4.41. The zero-order valence-electron chi connectivity index (χ0n) is 14.8. The van der Waals surface area contributed by atoms with E-state index in [4.69, 9.17) is 0 Å². The fourth-order valence-electron chi connectivity index (χ4n) is 3.03. The molecule has 0 saturated heterocycles. The summed E-state index contributed by atoms with van der Waals surface area (Å²) in [5.41, 5.74) is 0.770. The first-order valence-corrected chi connectivity index (χ1v) is 8.72. The lowest BCUT2D eigenvalue weighted by Gasteiger charge is -2.13. The van der Waals surface area contributed by atoms with Gasteiger partial charge in [-0.1, -0.05) is 36.4 Å². The Morgan fingerprint density at radius 3 is 2.54 bits per heavy atom. The maximum absolute atomic E-state index is 14.1. The zero-order valence-corrected chi connectivity index (χ0v) is 14.8. The molecule has 0 fully saturated rings. The van der Waals surface area contributed by atoms with Crippen molar-refractivity contribution in [3.05, 3.63) is 106 Å². The van der Waals surface area contributed by atoms with E-state index < -0.39 is 17.3 Å². The summed E-state index contributed by atoms with van der Waals surface area (Å²) in [4.78, 5) is 30.1. The van der Waals surface area contributed by atoms with Gasteiger partial charge in [0.25, 0.3) is 11.5 Å². The third kappa shape index (κ3) is 3.40. The lowest BCUT2D eigenvalue weighted by molar-refractivity contribution is 0.102. The van der Waals surface area contributed by atoms with Gasteiger partial charge in [0.1, 0.15) is 17.0 Å². The standard InChI is InChI=1S/C22H16FN3O2/c23-19-11-5-4-7-16(19)14-26-20-15(8-6-12-24-20)13-18(22(26)28)21(27)25-17-9-2-1-3-10-17/h1-13H,14H2,(H,25,27). The highest BCUT2D eigenvalue weighted by molar-refractivity contribution is 6.05. The van der Waals surface area contributed by atoms with Crippen LogP contribution in [-0.2, 0) is 6.54 Å². The number of nitrogens with one attached hydrogen (secondary N) is 1. The molecule has 4 aromatic rings. The molecule has 2 heterocycles. The van der Waals surface area contributed by atoms with Gasteiger partial charge in [0, 0.05) is 22.8 Å². The zero-order chi connectivity index (χ0) is 19.5. The maximum atomic E-state index is 14.1. The molecule has 5 nitrogen and oxygen atoms in total. The van der Waals surface area contributed by atoms with Crippen LogP contribution in [0.4, 0.5) is 10.1 Å². The average Bonchev–Trinajstić information content (AvgIpc) is 2.72. The van der Waals surface area contributed by atoms with Gasteiger partial charge < -0.3 is 5.32 Å². The number of anilines is 1. The van der Waals surface area contributed by atoms with Crippen LogP contribution in [0.15, 0.2) is 83.8 Å². The van der Waals surface area contributed by atoms with E-state index in [2.05, 4.69) is 10.3 Å². The Hall–Kier alpha value is -3.80. The van der Waals surface area contributed by atoms with Gasteiger partial charge in [-0.25, -0.2) is 9.37 Å². The van der Waals surface area contributed by atoms with Crippen LogP contribution in [-0.4, -0.2) is 15.5 Å². The molecule has 28 heavy (non-hydrogen) atoms. The van der Waals surface area contributed by atoms with Crippen LogP contribution >= 0.6 is 0 Å². The van der Waals surface area contributed by atoms with Gasteiger partial charge >= 0.3 is 0 Å². The second kappa shape index (κ2) is 7.44. The normalized spacial score (nSPS) is 10.8. The molecule has 2 aromatic heterocycles. The second-order valence-corrected chi connectivity index (χ2v) is 6.28. The largest absolute Gasteiger partial charge is 0.322 e. The molecule has 0 atom stereocenters. The summed E-state index contributed by atoms with van der Waals surface area (Å²) in [7, 11) is 0. The van der Waals surface area contributed by atoms with E-state index in [-0.39, 0.29) is 12.1 Å². The van der Waals surface area contributed by atoms with E-state index in [9.17, 15) is 14.0 Å². The number of halogens is 1. The number of benzene rings is 2. The highest BCUT2D eigenvalue weighted by atomic mass is 19.1. The van der Waals surface area contributed by atoms with Crippen LogP contribution in [0.1, 0.15) is 15.9 Å². The Morgan fingerprint density at radius 2 is 1.75 bits per heavy atom. The second-order valence-electron chi connectivity index (χ2n) is 6.28. The molecule has 0 radical (unpaired) electrons. The SMILES string of the molecule is O=C(Nc1ccccc1)c1cc2cccnc2n(Cc2ccccc2F)c1=O. The van der Waals surface area contributed by atoms with Crippen molar-refractivity contribution < 1.29 is 9.18 Å². The predicted octanol–water partition coefficient (Wildman–Crippen LogP) is 3.84. The molecule has 6 heteroatoms. The molecule has 138 valence electrons. The Balaban J connectivity index is 1.82. The van der Waals surface area contributed by atoms with Crippen molar-refractivity contribution in [2.24, 2.45) is 0 Å². The highest BCUT2D eigenvalue weighted by Crippen LogP contribution is 2.15. The maximum Gasteiger partial charge on any atom is 0.265 e. The van der Waals surface area contributed by atoms with E-state index in [0.29, 0.717) is 22.3 Å². The number of pyridine rings is 2. The molecule has 0 spiro atoms. The molecular weight excluding hydrogens is 357 g/mol. The van der Waals surface area contributed by atoms with Gasteiger partial charge in [0.2, 0.25) is 0 Å². The van der Waals surface area contributed by atoms with E-state index in [1.54, 1.807) is 60.8 Å². The topological polar surface area (TPSA) is 64.0 Å². The van der Waals surface area contributed by atoms with Gasteiger partial charge in [0.05, 0.1) is 6.54 Å². The molecule has 0 aliphatic carbocycles. The molecule has 0 aliphatic rings. The lowest BCUT2D eigenvalue weighted by Crippen LogP contribution is -2.30. The Labute approximate surface area is 160 Å². The summed E-state index contributed by atoms with van der Waals surface area (Å²) in [6.45, 7) is -0.0223. The van der Waals surface area contributed by atoms with Gasteiger partial charge in [0.15, 0.2) is 0 Å². The van der Waals surface area contributed by atoms with Crippen LogP contribution < -0.4 is 10.9 Å². The number of hydrogen-bond donors (Lipinski definition) is 1. The molecule has 0 bridgehead atoms. The van der Waals surface area contributed by atoms with Crippen molar-refractivity contribution in [1.29, 1.82) is 0 Å². The summed E-state index contributed by atoms with van der Waals surface area (Å²) in [5.74, 6) is -0.943. The molecule has 0 aliphatic heterocycles. The molecule has 0 saturated carbocycles. The number of aromatic nitrogens is 2. The van der Waals surface area contributed by atoms with Crippen LogP contribution in [0.3, 0.4) is 0 Å². The van der Waals surface area contributed by atoms with Crippen molar-refractivity contribution in [3.63, 3.8) is 0 Å². The summed E-state index contributed by atoms with van der Waals surface area (Å²) in [6, 6.07) is 20.1. The summed E-state index contributed by atoms with van der Waals surface area (Å²) < 4.78 is 15.5. The fourth-order valence-corrected chi connectivity index (χ4v) is 3.03. The quantitative estimate of drug-likeness (QED) is 0.591. The Morgan fingerprint density at radius 1 is 1.00 bits per heavy atom. The number of para-hydroxylation sites is 1. The van der Waals surface area contributed by atoms with E-state index >= 15 is 0 Å². The number of amides is 1.